The van der Waals surface area contributed by atoms with E-state index in [9.17, 15) is 8.42 Å². The first-order chi connectivity index (χ1) is 7.64. The first kappa shape index (κ1) is 13.2. The van der Waals surface area contributed by atoms with Crippen molar-refractivity contribution in [3.63, 3.8) is 0 Å². The molecule has 5 nitrogen and oxygen atoms in total. The van der Waals surface area contributed by atoms with E-state index < -0.39 is 10.0 Å². The van der Waals surface area contributed by atoms with Crippen LogP contribution >= 0.6 is 0 Å². The Morgan fingerprint density at radius 1 is 1.50 bits per heavy atom. The standard InChI is InChI=1S/C10H17NO4S/c1-2-9-16(12,13)11-15-8-4-6-10-5-3-7-14-10/h3,5,7,11H,2,4,6,8-9H2,1H3. The Bertz CT molecular complexity index is 372. The summed E-state index contributed by atoms with van der Waals surface area (Å²) >= 11 is 0. The van der Waals surface area contributed by atoms with Gasteiger partial charge in [0, 0.05) is 6.42 Å². The highest BCUT2D eigenvalue weighted by atomic mass is 32.2. The third-order valence-electron chi connectivity index (χ3n) is 1.91. The molecule has 0 saturated carbocycles. The highest BCUT2D eigenvalue weighted by molar-refractivity contribution is 7.89. The summed E-state index contributed by atoms with van der Waals surface area (Å²) in [5, 5.41) is 0. The number of rotatable bonds is 8. The smallest absolute Gasteiger partial charge is 0.233 e. The molecule has 92 valence electrons. The molecule has 1 heterocycles. The zero-order valence-electron chi connectivity index (χ0n) is 9.31. The van der Waals surface area contributed by atoms with Crippen molar-refractivity contribution in [3.05, 3.63) is 24.2 Å². The molecule has 1 aromatic heterocycles. The van der Waals surface area contributed by atoms with Crippen LogP contribution in [0.3, 0.4) is 0 Å². The van der Waals surface area contributed by atoms with Crippen LogP contribution in [-0.4, -0.2) is 20.8 Å². The molecule has 0 fully saturated rings. The highest BCUT2D eigenvalue weighted by Gasteiger charge is 2.07. The average molecular weight is 247 g/mol. The van der Waals surface area contributed by atoms with Gasteiger partial charge in [-0.15, -0.1) is 0 Å². The van der Waals surface area contributed by atoms with Crippen LogP contribution in [0.4, 0.5) is 0 Å². The minimum absolute atomic E-state index is 0.0885. The maximum absolute atomic E-state index is 11.2. The molecule has 1 N–H and O–H groups in total. The van der Waals surface area contributed by atoms with Gasteiger partial charge in [0.2, 0.25) is 10.0 Å². The molecule has 0 atom stereocenters. The van der Waals surface area contributed by atoms with Gasteiger partial charge in [-0.05, 0) is 25.0 Å². The Morgan fingerprint density at radius 3 is 2.94 bits per heavy atom. The van der Waals surface area contributed by atoms with Gasteiger partial charge in [0.1, 0.15) is 5.76 Å². The Hall–Kier alpha value is -0.850. The summed E-state index contributed by atoms with van der Waals surface area (Å²) in [6.45, 7) is 2.14. The van der Waals surface area contributed by atoms with Gasteiger partial charge in [-0.1, -0.05) is 11.8 Å². The van der Waals surface area contributed by atoms with Gasteiger partial charge < -0.3 is 4.42 Å². The Kier molecular flexibility index (Phi) is 5.51. The lowest BCUT2D eigenvalue weighted by Gasteiger charge is -2.05. The molecule has 1 rings (SSSR count). The molecule has 0 spiro atoms. The van der Waals surface area contributed by atoms with Gasteiger partial charge >= 0.3 is 0 Å². The molecule has 0 saturated heterocycles. The van der Waals surface area contributed by atoms with Crippen LogP contribution in [0.25, 0.3) is 0 Å². The second kappa shape index (κ2) is 6.67. The van der Waals surface area contributed by atoms with Crippen molar-refractivity contribution in [1.82, 2.24) is 4.89 Å². The van der Waals surface area contributed by atoms with Crippen molar-refractivity contribution >= 4 is 10.0 Å². The van der Waals surface area contributed by atoms with Crippen LogP contribution < -0.4 is 4.89 Å². The van der Waals surface area contributed by atoms with E-state index in [-0.39, 0.29) is 5.75 Å². The third kappa shape index (κ3) is 5.29. The Labute approximate surface area is 95.8 Å². The first-order valence-electron chi connectivity index (χ1n) is 5.27. The van der Waals surface area contributed by atoms with Gasteiger partial charge in [0.05, 0.1) is 18.6 Å². The molecule has 0 aromatic carbocycles. The molecule has 0 aliphatic carbocycles. The largest absolute Gasteiger partial charge is 0.469 e. The van der Waals surface area contributed by atoms with Crippen molar-refractivity contribution in [2.75, 3.05) is 12.4 Å². The quantitative estimate of drug-likeness (QED) is 0.558. The van der Waals surface area contributed by atoms with E-state index in [1.165, 1.54) is 0 Å². The molecule has 0 aliphatic heterocycles. The number of aryl methyl sites for hydroxylation is 1. The van der Waals surface area contributed by atoms with E-state index in [4.69, 9.17) is 9.25 Å². The lowest BCUT2D eigenvalue weighted by atomic mass is 10.3. The molecule has 1 aromatic rings. The average Bonchev–Trinajstić information content (AvgIpc) is 2.69. The minimum atomic E-state index is -3.26. The summed E-state index contributed by atoms with van der Waals surface area (Å²) in [6, 6.07) is 3.70. The molecule has 16 heavy (non-hydrogen) atoms. The van der Waals surface area contributed by atoms with E-state index in [1.807, 2.05) is 12.1 Å². The molecular formula is C10H17NO4S. The lowest BCUT2D eigenvalue weighted by Crippen LogP contribution is -2.26. The van der Waals surface area contributed by atoms with Gasteiger partial charge in [0.15, 0.2) is 0 Å². The summed E-state index contributed by atoms with van der Waals surface area (Å²) in [5.74, 6) is 0.963. The van der Waals surface area contributed by atoms with E-state index in [1.54, 1.807) is 13.2 Å². The van der Waals surface area contributed by atoms with Crippen molar-refractivity contribution in [1.29, 1.82) is 0 Å². The lowest BCUT2D eigenvalue weighted by molar-refractivity contribution is 0.0906. The number of furan rings is 1. The second-order valence-corrected chi connectivity index (χ2v) is 5.24. The van der Waals surface area contributed by atoms with Crippen molar-refractivity contribution in [2.24, 2.45) is 0 Å². The number of nitrogens with one attached hydrogen (secondary N) is 1. The zero-order valence-corrected chi connectivity index (χ0v) is 10.1. The summed E-state index contributed by atoms with van der Waals surface area (Å²) in [5.41, 5.74) is 0. The normalized spacial score (nSPS) is 11.8. The summed E-state index contributed by atoms with van der Waals surface area (Å²) in [4.78, 5) is 6.95. The highest BCUT2D eigenvalue weighted by Crippen LogP contribution is 2.03. The van der Waals surface area contributed by atoms with Crippen molar-refractivity contribution in [3.8, 4) is 0 Å². The van der Waals surface area contributed by atoms with E-state index in [0.29, 0.717) is 19.4 Å². The SMILES string of the molecule is CCCS(=O)(=O)NOCCCc1ccco1. The van der Waals surface area contributed by atoms with E-state index in [0.717, 1.165) is 12.2 Å². The maximum Gasteiger partial charge on any atom is 0.233 e. The maximum atomic E-state index is 11.2. The zero-order chi connectivity index (χ0) is 11.9. The van der Waals surface area contributed by atoms with Crippen LogP contribution in [-0.2, 0) is 21.3 Å². The van der Waals surface area contributed by atoms with Crippen LogP contribution in [0.15, 0.2) is 22.8 Å². The van der Waals surface area contributed by atoms with Crippen molar-refractivity contribution in [2.45, 2.75) is 26.2 Å². The van der Waals surface area contributed by atoms with Gasteiger partial charge in [0.25, 0.3) is 0 Å². The summed E-state index contributed by atoms with van der Waals surface area (Å²) in [6.07, 6.45) is 3.63. The van der Waals surface area contributed by atoms with Crippen LogP contribution in [0.5, 0.6) is 0 Å². The third-order valence-corrected chi connectivity index (χ3v) is 3.23. The van der Waals surface area contributed by atoms with Gasteiger partial charge in [-0.25, -0.2) is 8.42 Å². The number of hydrogen-bond donors (Lipinski definition) is 1. The predicted molar refractivity (Wildman–Crippen MR) is 60.2 cm³/mol. The molecule has 0 unspecified atom stereocenters. The molecule has 0 aliphatic rings. The summed E-state index contributed by atoms with van der Waals surface area (Å²) < 4.78 is 27.5. The fraction of sp³-hybridized carbons (Fsp3) is 0.600. The fourth-order valence-electron chi connectivity index (χ4n) is 1.22. The molecule has 0 bridgehead atoms. The van der Waals surface area contributed by atoms with Crippen molar-refractivity contribution < 1.29 is 17.7 Å². The monoisotopic (exact) mass is 247 g/mol. The van der Waals surface area contributed by atoms with Crippen LogP contribution in [0.2, 0.25) is 0 Å². The fourth-order valence-corrected chi connectivity index (χ4v) is 2.10. The van der Waals surface area contributed by atoms with Crippen LogP contribution in [0, 0.1) is 0 Å². The van der Waals surface area contributed by atoms with Gasteiger partial charge in [-0.3, -0.25) is 4.84 Å². The van der Waals surface area contributed by atoms with E-state index >= 15 is 0 Å². The molecular weight excluding hydrogens is 230 g/mol. The van der Waals surface area contributed by atoms with Crippen LogP contribution in [0.1, 0.15) is 25.5 Å². The predicted octanol–water partition coefficient (Wildman–Crippen LogP) is 1.47. The Morgan fingerprint density at radius 2 is 2.31 bits per heavy atom. The first-order valence-corrected chi connectivity index (χ1v) is 6.93. The molecule has 0 radical (unpaired) electrons. The number of hydrogen-bond acceptors (Lipinski definition) is 4. The molecule has 6 heteroatoms. The van der Waals surface area contributed by atoms with Gasteiger partial charge in [-0.2, -0.15) is 0 Å². The minimum Gasteiger partial charge on any atom is -0.469 e. The second-order valence-electron chi connectivity index (χ2n) is 3.43. The Balaban J connectivity index is 2.08. The topological polar surface area (TPSA) is 68.5 Å². The molecule has 0 amide bonds. The number of sulfonamides is 1. The van der Waals surface area contributed by atoms with E-state index in [2.05, 4.69) is 4.89 Å². The summed E-state index contributed by atoms with van der Waals surface area (Å²) in [7, 11) is -3.26.